The molecule has 3 heterocycles. The lowest BCUT2D eigenvalue weighted by atomic mass is 10.0. The monoisotopic (exact) mass is 368 g/mol. The Hall–Kier alpha value is -2.21. The third-order valence-corrected chi connectivity index (χ3v) is 5.62. The van der Waals surface area contributed by atoms with Crippen LogP contribution in [0.15, 0.2) is 30.7 Å². The van der Waals surface area contributed by atoms with Crippen molar-refractivity contribution >= 4 is 5.91 Å². The highest BCUT2D eigenvalue weighted by atomic mass is 16.5. The van der Waals surface area contributed by atoms with E-state index in [2.05, 4.69) is 17.0 Å². The zero-order valence-electron chi connectivity index (χ0n) is 16.2. The molecule has 0 spiro atoms. The third-order valence-electron chi connectivity index (χ3n) is 5.62. The molecule has 2 aliphatic rings. The number of rotatable bonds is 7. The van der Waals surface area contributed by atoms with E-state index in [4.69, 9.17) is 4.74 Å². The van der Waals surface area contributed by atoms with Crippen molar-refractivity contribution in [2.75, 3.05) is 13.2 Å². The molecule has 1 amide bonds. The summed E-state index contributed by atoms with van der Waals surface area (Å²) in [4.78, 5) is 19.5. The van der Waals surface area contributed by atoms with Gasteiger partial charge in [-0.15, -0.1) is 0 Å². The fourth-order valence-corrected chi connectivity index (χ4v) is 3.80. The molecule has 1 saturated carbocycles. The molecule has 0 N–H and O–H groups in total. The highest BCUT2D eigenvalue weighted by molar-refractivity contribution is 5.94. The fourth-order valence-electron chi connectivity index (χ4n) is 3.80. The Morgan fingerprint density at radius 1 is 1.26 bits per heavy atom. The van der Waals surface area contributed by atoms with Crippen LogP contribution in [0.5, 0.6) is 0 Å². The highest BCUT2D eigenvalue weighted by Crippen LogP contribution is 2.32. The molecule has 0 unspecified atom stereocenters. The minimum Gasteiger partial charge on any atom is -0.376 e. The Balaban J connectivity index is 1.51. The van der Waals surface area contributed by atoms with E-state index in [-0.39, 0.29) is 18.1 Å². The summed E-state index contributed by atoms with van der Waals surface area (Å²) >= 11 is 0. The highest BCUT2D eigenvalue weighted by Gasteiger charge is 2.39. The van der Waals surface area contributed by atoms with Gasteiger partial charge in [-0.3, -0.25) is 14.5 Å². The molecule has 2 fully saturated rings. The molecular formula is C21H28N4O2. The molecule has 6 nitrogen and oxygen atoms in total. The largest absolute Gasteiger partial charge is 0.376 e. The second-order valence-corrected chi connectivity index (χ2v) is 7.79. The van der Waals surface area contributed by atoms with Crippen molar-refractivity contribution in [3.63, 3.8) is 0 Å². The minimum atomic E-state index is 0.0475. The molecule has 2 atom stereocenters. The molecular weight excluding hydrogens is 340 g/mol. The first-order valence-corrected chi connectivity index (χ1v) is 9.99. The first-order valence-electron chi connectivity index (χ1n) is 9.99. The van der Waals surface area contributed by atoms with Gasteiger partial charge in [0.2, 0.25) is 0 Å². The summed E-state index contributed by atoms with van der Waals surface area (Å²) in [5.41, 5.74) is 2.80. The number of aromatic nitrogens is 3. The zero-order chi connectivity index (χ0) is 18.8. The van der Waals surface area contributed by atoms with Crippen molar-refractivity contribution in [2.45, 2.75) is 51.2 Å². The van der Waals surface area contributed by atoms with E-state index >= 15 is 0 Å². The van der Waals surface area contributed by atoms with Gasteiger partial charge in [0.05, 0.1) is 23.9 Å². The van der Waals surface area contributed by atoms with Crippen molar-refractivity contribution in [2.24, 2.45) is 13.0 Å². The maximum Gasteiger partial charge on any atom is 0.255 e. The second-order valence-electron chi connectivity index (χ2n) is 7.79. The summed E-state index contributed by atoms with van der Waals surface area (Å²) in [6.07, 6.45) is 10.8. The third kappa shape index (κ3) is 4.21. The van der Waals surface area contributed by atoms with Gasteiger partial charge >= 0.3 is 0 Å². The summed E-state index contributed by atoms with van der Waals surface area (Å²) in [6.45, 7) is 3.62. The Morgan fingerprint density at radius 3 is 2.74 bits per heavy atom. The van der Waals surface area contributed by atoms with Crippen molar-refractivity contribution < 1.29 is 9.53 Å². The van der Waals surface area contributed by atoms with Crippen molar-refractivity contribution in [3.8, 4) is 0 Å². The van der Waals surface area contributed by atoms with Crippen molar-refractivity contribution in [1.82, 2.24) is 19.7 Å². The molecule has 0 aromatic carbocycles. The Morgan fingerprint density at radius 2 is 2.11 bits per heavy atom. The topological polar surface area (TPSA) is 60.3 Å². The molecule has 1 saturated heterocycles. The van der Waals surface area contributed by atoms with E-state index in [1.807, 2.05) is 41.2 Å². The molecule has 0 bridgehead atoms. The van der Waals surface area contributed by atoms with Crippen molar-refractivity contribution in [3.05, 3.63) is 47.5 Å². The Kier molecular flexibility index (Phi) is 5.25. The summed E-state index contributed by atoms with van der Waals surface area (Å²) in [7, 11) is 1.92. The number of ether oxygens (including phenoxy) is 1. The number of carbonyl (C=O) groups is 1. The normalized spacial score (nSPS) is 22.4. The number of amides is 1. The van der Waals surface area contributed by atoms with Gasteiger partial charge in [-0.2, -0.15) is 5.10 Å². The molecule has 4 rings (SSSR count). The summed E-state index contributed by atoms with van der Waals surface area (Å²) in [5, 5.41) is 4.28. The van der Waals surface area contributed by atoms with E-state index in [1.165, 1.54) is 12.8 Å². The number of nitrogens with zero attached hydrogens (tertiary/aromatic N) is 4. The second kappa shape index (κ2) is 7.80. The average Bonchev–Trinajstić information content (AvgIpc) is 3.31. The number of likely N-dealkylation sites (tertiary alicyclic amines) is 1. The molecule has 144 valence electrons. The zero-order valence-corrected chi connectivity index (χ0v) is 16.2. The maximum atomic E-state index is 13.2. The van der Waals surface area contributed by atoms with Gasteiger partial charge in [-0.25, -0.2) is 0 Å². The van der Waals surface area contributed by atoms with Gasteiger partial charge in [-0.1, -0.05) is 6.92 Å². The van der Waals surface area contributed by atoms with E-state index < -0.39 is 0 Å². The Bertz CT molecular complexity index is 782. The predicted molar refractivity (Wildman–Crippen MR) is 102 cm³/mol. The smallest absolute Gasteiger partial charge is 0.255 e. The minimum absolute atomic E-state index is 0.0475. The fraction of sp³-hybridized carbons (Fsp3) is 0.571. The van der Waals surface area contributed by atoms with Crippen LogP contribution < -0.4 is 0 Å². The van der Waals surface area contributed by atoms with Crippen LogP contribution in [-0.4, -0.2) is 50.9 Å². The standard InChI is InChI=1S/C21H28N4O2/c1-3-18-7-6-17(12-22-18)21(26)25-9-8-20(27-14-15-4-5-15)19(25)10-16-11-23-24(2)13-16/h6-7,11-13,15,19-20H,3-5,8-10,14H2,1-2H3/t19-,20+/m0/s1. The summed E-state index contributed by atoms with van der Waals surface area (Å²) in [6, 6.07) is 3.89. The van der Waals surface area contributed by atoms with Crippen LogP contribution in [0.2, 0.25) is 0 Å². The van der Waals surface area contributed by atoms with Gasteiger partial charge in [-0.05, 0) is 55.7 Å². The van der Waals surface area contributed by atoms with Gasteiger partial charge in [0, 0.05) is 38.3 Å². The van der Waals surface area contributed by atoms with E-state index in [0.717, 1.165) is 49.6 Å². The first-order chi connectivity index (χ1) is 13.1. The number of carbonyl (C=O) groups excluding carboxylic acids is 1. The van der Waals surface area contributed by atoms with E-state index in [1.54, 1.807) is 6.20 Å². The summed E-state index contributed by atoms with van der Waals surface area (Å²) < 4.78 is 8.04. The molecule has 0 radical (unpaired) electrons. The average molecular weight is 368 g/mol. The van der Waals surface area contributed by atoms with E-state index in [0.29, 0.717) is 5.56 Å². The quantitative estimate of drug-likeness (QED) is 0.754. The van der Waals surface area contributed by atoms with E-state index in [9.17, 15) is 4.79 Å². The van der Waals surface area contributed by atoms with Crippen LogP contribution in [0, 0.1) is 5.92 Å². The SMILES string of the molecule is CCc1ccc(C(=O)N2CC[C@@H](OCC3CC3)[C@@H]2Cc2cnn(C)c2)cn1. The first kappa shape index (κ1) is 18.2. The number of hydrogen-bond acceptors (Lipinski definition) is 4. The molecule has 27 heavy (non-hydrogen) atoms. The molecule has 2 aromatic rings. The van der Waals surface area contributed by atoms with Crippen LogP contribution >= 0.6 is 0 Å². The molecule has 1 aliphatic heterocycles. The lowest BCUT2D eigenvalue weighted by Gasteiger charge is -2.28. The van der Waals surface area contributed by atoms with Gasteiger partial charge in [0.15, 0.2) is 0 Å². The van der Waals surface area contributed by atoms with Gasteiger partial charge in [0.1, 0.15) is 0 Å². The van der Waals surface area contributed by atoms with Crippen LogP contribution in [0.25, 0.3) is 0 Å². The number of pyridine rings is 1. The molecule has 6 heteroatoms. The maximum absolute atomic E-state index is 13.2. The lowest BCUT2D eigenvalue weighted by Crippen LogP contribution is -2.42. The predicted octanol–water partition coefficient (Wildman–Crippen LogP) is 2.63. The van der Waals surface area contributed by atoms with Crippen molar-refractivity contribution in [1.29, 1.82) is 0 Å². The lowest BCUT2D eigenvalue weighted by molar-refractivity contribution is 0.0200. The number of aryl methyl sites for hydroxylation is 2. The van der Waals surface area contributed by atoms with Crippen LogP contribution in [-0.2, 0) is 24.6 Å². The van der Waals surface area contributed by atoms with Crippen LogP contribution in [0.4, 0.5) is 0 Å². The van der Waals surface area contributed by atoms with Crippen LogP contribution in [0.3, 0.4) is 0 Å². The number of hydrogen-bond donors (Lipinski definition) is 0. The molecule has 2 aromatic heterocycles. The van der Waals surface area contributed by atoms with Gasteiger partial charge in [0.25, 0.3) is 5.91 Å². The van der Waals surface area contributed by atoms with Crippen LogP contribution in [0.1, 0.15) is 47.8 Å². The Labute approximate surface area is 160 Å². The molecule has 1 aliphatic carbocycles. The van der Waals surface area contributed by atoms with Gasteiger partial charge < -0.3 is 9.64 Å². The summed E-state index contributed by atoms with van der Waals surface area (Å²) in [5.74, 6) is 0.774.